The fourth-order valence-corrected chi connectivity index (χ4v) is 13.0. The maximum atomic E-state index is 7.12. The molecule has 0 spiro atoms. The van der Waals surface area contributed by atoms with Gasteiger partial charge in [0.25, 0.3) is 0 Å². The molecule has 390 valence electrons. The molecule has 79 heavy (non-hydrogen) atoms. The molecular formula is C72H59N5OPt-2. The van der Waals surface area contributed by atoms with E-state index in [0.717, 1.165) is 76.0 Å². The van der Waals surface area contributed by atoms with Crippen molar-refractivity contribution in [2.45, 2.75) is 78.6 Å². The van der Waals surface area contributed by atoms with Gasteiger partial charge < -0.3 is 4.40 Å². The van der Waals surface area contributed by atoms with Gasteiger partial charge in [0.1, 0.15) is 0 Å². The summed E-state index contributed by atoms with van der Waals surface area (Å²) in [4.78, 5) is 5.11. The molecule has 14 rings (SSSR count). The SMILES string of the molecule is CC(C)(C)c1cc(Oc2[c-]c3c(cc2)c2cc4c5cccc6c7ccccc7n(c4cc2n3-c2cc(C(C)(C)C)ccn2)c65)[c-]c(-n2[c](=[Pt])n(-c3c(-c4ccccc4)cc(C(C)(C)C)cc3-c3ccccc3)c3ccccc32)c1. The van der Waals surface area contributed by atoms with E-state index >= 15 is 0 Å². The monoisotopic (exact) mass is 1200 g/mol. The Kier molecular flexibility index (Phi) is 11.1. The van der Waals surface area contributed by atoms with Crippen LogP contribution in [0.4, 0.5) is 0 Å². The average Bonchev–Trinajstić information content (AvgIpc) is 3.53. The molecule has 7 heteroatoms. The first-order valence-corrected chi connectivity index (χ1v) is 28.4. The Hall–Kier alpha value is -8.31. The van der Waals surface area contributed by atoms with Crippen molar-refractivity contribution in [3.63, 3.8) is 0 Å². The Bertz CT molecular complexity index is 4760. The summed E-state index contributed by atoms with van der Waals surface area (Å²) in [5, 5.41) is 7.21. The van der Waals surface area contributed by atoms with Crippen LogP contribution in [-0.2, 0) is 35.6 Å². The van der Waals surface area contributed by atoms with Crippen LogP contribution < -0.4 is 4.74 Å². The van der Waals surface area contributed by atoms with E-state index < -0.39 is 0 Å². The van der Waals surface area contributed by atoms with E-state index in [1.54, 1.807) is 0 Å². The molecule has 0 aliphatic rings. The van der Waals surface area contributed by atoms with Crippen molar-refractivity contribution in [1.29, 1.82) is 0 Å². The van der Waals surface area contributed by atoms with E-state index in [1.807, 2.05) is 6.20 Å². The maximum absolute atomic E-state index is 7.12. The van der Waals surface area contributed by atoms with Gasteiger partial charge in [0.05, 0.1) is 16.6 Å². The van der Waals surface area contributed by atoms with Crippen LogP contribution >= 0.6 is 0 Å². The third-order valence-corrected chi connectivity index (χ3v) is 17.1. The minimum atomic E-state index is -0.226. The first-order chi connectivity index (χ1) is 38.0. The van der Waals surface area contributed by atoms with Gasteiger partial charge in [-0.1, -0.05) is 57.2 Å². The van der Waals surface area contributed by atoms with Gasteiger partial charge >= 0.3 is 346 Å². The molecule has 9 aromatic carbocycles. The number of hydrogen-bond acceptors (Lipinski definition) is 2. The number of imidazole rings is 1. The number of pyridine rings is 1. The zero-order valence-corrected chi connectivity index (χ0v) is 48.2. The topological polar surface area (TPSA) is 41.3 Å². The molecule has 0 unspecified atom stereocenters. The van der Waals surface area contributed by atoms with Crippen molar-refractivity contribution in [1.82, 2.24) is 23.1 Å². The zero-order valence-electron chi connectivity index (χ0n) is 45.9. The van der Waals surface area contributed by atoms with E-state index in [-0.39, 0.29) is 16.2 Å². The molecule has 6 nitrogen and oxygen atoms in total. The summed E-state index contributed by atoms with van der Waals surface area (Å²) in [5.41, 5.74) is 17.6. The number of benzene rings is 9. The Morgan fingerprint density at radius 2 is 0.987 bits per heavy atom. The quantitative estimate of drug-likeness (QED) is 0.149. The first kappa shape index (κ1) is 49.0. The third-order valence-electron chi connectivity index (χ3n) is 16.1. The molecule has 0 fully saturated rings. The first-order valence-electron chi connectivity index (χ1n) is 27.3. The van der Waals surface area contributed by atoms with Crippen molar-refractivity contribution in [2.75, 3.05) is 0 Å². The van der Waals surface area contributed by atoms with Crippen LogP contribution in [0.15, 0.2) is 194 Å². The molecule has 0 aliphatic carbocycles. The van der Waals surface area contributed by atoms with Crippen molar-refractivity contribution in [2.24, 2.45) is 0 Å². The van der Waals surface area contributed by atoms with E-state index in [4.69, 9.17) is 9.72 Å². The van der Waals surface area contributed by atoms with Crippen LogP contribution in [0.25, 0.3) is 110 Å². The van der Waals surface area contributed by atoms with E-state index in [2.05, 4.69) is 300 Å². The Labute approximate surface area is 471 Å². The van der Waals surface area contributed by atoms with Crippen LogP contribution in [0, 0.1) is 15.9 Å². The molecule has 0 amide bonds. The second kappa shape index (κ2) is 17.9. The van der Waals surface area contributed by atoms with Crippen molar-refractivity contribution >= 4 is 70.9 Å². The molecule has 0 saturated carbocycles. The Morgan fingerprint density at radius 3 is 1.65 bits per heavy atom. The summed E-state index contributed by atoms with van der Waals surface area (Å²) in [6.07, 6.45) is 1.94. The van der Waals surface area contributed by atoms with Crippen LogP contribution in [-0.4, -0.2) is 23.1 Å². The van der Waals surface area contributed by atoms with Gasteiger partial charge in [-0.2, -0.15) is 0 Å². The second-order valence-corrected chi connectivity index (χ2v) is 25.3. The molecule has 5 heterocycles. The Morgan fingerprint density at radius 1 is 0.418 bits per heavy atom. The summed E-state index contributed by atoms with van der Waals surface area (Å²) >= 11 is 2.54. The molecular weight excluding hydrogens is 1150 g/mol. The number of nitrogens with zero attached hydrogens (tertiary/aromatic N) is 5. The van der Waals surface area contributed by atoms with Gasteiger partial charge in [0.15, 0.2) is 0 Å². The number of rotatable bonds is 7. The predicted octanol–water partition coefficient (Wildman–Crippen LogP) is 18.8. The fraction of sp³-hybridized carbons (Fsp3) is 0.167. The van der Waals surface area contributed by atoms with Gasteiger partial charge in [-0.05, 0) is 23.1 Å². The average molecular weight is 1210 g/mol. The number of aromatic nitrogens is 5. The molecule has 0 aliphatic heterocycles. The van der Waals surface area contributed by atoms with Gasteiger partial charge in [-0.15, -0.1) is 0 Å². The predicted molar refractivity (Wildman–Crippen MR) is 324 cm³/mol. The van der Waals surface area contributed by atoms with Gasteiger partial charge in [-0.3, -0.25) is 0 Å². The summed E-state index contributed by atoms with van der Waals surface area (Å²) in [6, 6.07) is 76.2. The standard InChI is InChI=1S/C72H59N5O.Pt/c1-70(2,3)47-33-34-73-67(39-47)76-64-41-51(31-32-54(64)59-42-60-56-27-20-26-55-53-25-16-17-28-61(53)77(69(55)56)66(60)43-65(59)76)78-52-36-48(71(4,5)6)35-50(40-52)74-44-75(63-30-19-18-29-62(63)74)68-57(45-21-12-10-13-22-45)37-49(72(7,8)9)38-58(68)46-23-14-11-15-24-46;/h10-39,42-43H,1-9H3;/q-2;. The van der Waals surface area contributed by atoms with Crippen LogP contribution in [0.1, 0.15) is 79.0 Å². The summed E-state index contributed by atoms with van der Waals surface area (Å²) < 4.78 is 17.7. The molecule has 14 aromatic rings. The second-order valence-electron chi connectivity index (χ2n) is 24.3. The van der Waals surface area contributed by atoms with E-state index in [9.17, 15) is 0 Å². The van der Waals surface area contributed by atoms with Gasteiger partial charge in [0, 0.05) is 27.7 Å². The van der Waals surface area contributed by atoms with Gasteiger partial charge in [0.2, 0.25) is 0 Å². The van der Waals surface area contributed by atoms with Crippen LogP contribution in [0.2, 0.25) is 0 Å². The van der Waals surface area contributed by atoms with Crippen molar-refractivity contribution < 1.29 is 24.1 Å². The summed E-state index contributed by atoms with van der Waals surface area (Å²) in [6.45, 7) is 20.4. The zero-order chi connectivity index (χ0) is 54.3. The molecule has 5 aromatic heterocycles. The summed E-state index contributed by atoms with van der Waals surface area (Å²) in [5.74, 6) is 2.04. The third kappa shape index (κ3) is 7.93. The fourth-order valence-electron chi connectivity index (χ4n) is 11.9. The number of fused-ring (bicyclic) bond motifs is 10. The summed E-state index contributed by atoms with van der Waals surface area (Å²) in [7, 11) is 0. The molecule has 0 bridgehead atoms. The number of ether oxygens (including phenoxy) is 1. The molecule has 0 radical (unpaired) electrons. The normalized spacial score (nSPS) is 12.7. The van der Waals surface area contributed by atoms with E-state index in [0.29, 0.717) is 11.5 Å². The molecule has 0 atom stereocenters. The van der Waals surface area contributed by atoms with Crippen LogP contribution in [0.3, 0.4) is 0 Å². The van der Waals surface area contributed by atoms with Crippen molar-refractivity contribution in [3.05, 3.63) is 227 Å². The van der Waals surface area contributed by atoms with E-state index in [1.165, 1.54) is 54.8 Å². The van der Waals surface area contributed by atoms with Gasteiger partial charge in [-0.25, -0.2) is 0 Å². The molecule has 0 N–H and O–H groups in total. The van der Waals surface area contributed by atoms with Crippen molar-refractivity contribution in [3.8, 4) is 50.9 Å². The minimum absolute atomic E-state index is 0.0912. The number of hydrogen-bond donors (Lipinski definition) is 0. The Balaban J connectivity index is 0.976. The molecule has 0 saturated heterocycles. The van der Waals surface area contributed by atoms with Crippen LogP contribution in [0.5, 0.6) is 11.5 Å². The number of para-hydroxylation sites is 4.